The average Bonchev–Trinajstić information content (AvgIpc) is 2.53. The normalized spacial score (nSPS) is 13.9. The molecule has 0 heterocycles. The van der Waals surface area contributed by atoms with Crippen LogP contribution in [0, 0.1) is 11.3 Å². The molecule has 0 fully saturated rings. The lowest BCUT2D eigenvalue weighted by atomic mass is 10.0. The van der Waals surface area contributed by atoms with Crippen LogP contribution >= 0.6 is 0 Å². The van der Waals surface area contributed by atoms with Crippen molar-refractivity contribution in [3.8, 4) is 6.07 Å². The fourth-order valence-corrected chi connectivity index (χ4v) is 2.51. The van der Waals surface area contributed by atoms with Gasteiger partial charge in [-0.15, -0.1) is 0 Å². The molecule has 0 aliphatic carbocycles. The monoisotopic (exact) mass is 287 g/mol. The lowest BCUT2D eigenvalue weighted by Crippen LogP contribution is -2.31. The van der Waals surface area contributed by atoms with Crippen LogP contribution in [0.3, 0.4) is 0 Å². The van der Waals surface area contributed by atoms with Gasteiger partial charge in [-0.05, 0) is 45.0 Å². The van der Waals surface area contributed by atoms with Crippen molar-refractivity contribution in [2.24, 2.45) is 0 Å². The van der Waals surface area contributed by atoms with Gasteiger partial charge in [-0.2, -0.15) is 5.26 Å². The summed E-state index contributed by atoms with van der Waals surface area (Å²) < 4.78 is 0. The zero-order valence-electron chi connectivity index (χ0n) is 13.7. The van der Waals surface area contributed by atoms with Crippen LogP contribution in [0.5, 0.6) is 0 Å². The third-order valence-corrected chi connectivity index (χ3v) is 4.03. The second kappa shape index (κ2) is 10.4. The van der Waals surface area contributed by atoms with Crippen LogP contribution in [0.2, 0.25) is 0 Å². The summed E-state index contributed by atoms with van der Waals surface area (Å²) in [7, 11) is 0. The summed E-state index contributed by atoms with van der Waals surface area (Å²) in [5.41, 5.74) is 1.10. The summed E-state index contributed by atoms with van der Waals surface area (Å²) in [6.45, 7) is 10.8. The summed E-state index contributed by atoms with van der Waals surface area (Å²) in [6.07, 6.45) is 2.36. The molecule has 1 aromatic rings. The van der Waals surface area contributed by atoms with Crippen molar-refractivity contribution in [3.63, 3.8) is 0 Å². The molecule has 0 bridgehead atoms. The maximum absolute atomic E-state index is 9.31. The van der Waals surface area contributed by atoms with Crippen molar-refractivity contribution in [2.75, 3.05) is 26.2 Å². The van der Waals surface area contributed by atoms with Gasteiger partial charge in [-0.3, -0.25) is 0 Å². The molecule has 2 atom stereocenters. The Balaban J connectivity index is 2.28. The van der Waals surface area contributed by atoms with Gasteiger partial charge in [-0.25, -0.2) is 0 Å². The number of rotatable bonds is 10. The van der Waals surface area contributed by atoms with Crippen molar-refractivity contribution in [1.29, 1.82) is 5.26 Å². The van der Waals surface area contributed by atoms with E-state index < -0.39 is 0 Å². The number of hydrogen-bond donors (Lipinski definition) is 1. The molecule has 3 heteroatoms. The second-order valence-electron chi connectivity index (χ2n) is 5.57. The number of nitriles is 1. The van der Waals surface area contributed by atoms with E-state index in [1.54, 1.807) is 0 Å². The molecule has 0 aliphatic rings. The number of nitrogens with zero attached hydrogens (tertiary/aromatic N) is 2. The Morgan fingerprint density at radius 3 is 2.43 bits per heavy atom. The van der Waals surface area contributed by atoms with E-state index in [0.717, 1.165) is 31.6 Å². The van der Waals surface area contributed by atoms with Crippen molar-refractivity contribution in [3.05, 3.63) is 35.9 Å². The van der Waals surface area contributed by atoms with Crippen molar-refractivity contribution >= 4 is 0 Å². The zero-order chi connectivity index (χ0) is 15.5. The fraction of sp³-hybridized carbons (Fsp3) is 0.611. The Bertz CT molecular complexity index is 406. The molecule has 21 heavy (non-hydrogen) atoms. The van der Waals surface area contributed by atoms with Crippen molar-refractivity contribution in [1.82, 2.24) is 10.2 Å². The zero-order valence-corrected chi connectivity index (χ0v) is 13.7. The van der Waals surface area contributed by atoms with Gasteiger partial charge < -0.3 is 10.2 Å². The molecular formula is C18H29N3. The third kappa shape index (κ3) is 6.75. The van der Waals surface area contributed by atoms with Gasteiger partial charge in [0, 0.05) is 12.6 Å². The number of nitrogens with one attached hydrogen (secondary N) is 1. The second-order valence-corrected chi connectivity index (χ2v) is 5.57. The Morgan fingerprint density at radius 2 is 1.86 bits per heavy atom. The molecule has 1 aromatic carbocycles. The van der Waals surface area contributed by atoms with Crippen molar-refractivity contribution in [2.45, 2.75) is 45.6 Å². The Hall–Kier alpha value is -1.37. The van der Waals surface area contributed by atoms with Gasteiger partial charge >= 0.3 is 0 Å². The van der Waals surface area contributed by atoms with Crippen LogP contribution in [0.15, 0.2) is 30.3 Å². The molecular weight excluding hydrogens is 258 g/mol. The highest BCUT2D eigenvalue weighted by molar-refractivity contribution is 5.25. The van der Waals surface area contributed by atoms with E-state index in [9.17, 15) is 5.26 Å². The van der Waals surface area contributed by atoms with Crippen LogP contribution < -0.4 is 5.32 Å². The van der Waals surface area contributed by atoms with E-state index in [-0.39, 0.29) is 5.92 Å². The summed E-state index contributed by atoms with van der Waals surface area (Å²) in [5, 5.41) is 12.8. The quantitative estimate of drug-likeness (QED) is 0.717. The first kappa shape index (κ1) is 17.7. The van der Waals surface area contributed by atoms with E-state index in [4.69, 9.17) is 0 Å². The molecule has 0 amide bonds. The maximum Gasteiger partial charge on any atom is 0.0837 e. The Labute approximate surface area is 130 Å². The molecule has 116 valence electrons. The molecule has 3 nitrogen and oxygen atoms in total. The largest absolute Gasteiger partial charge is 0.313 e. The highest BCUT2D eigenvalue weighted by Gasteiger charge is 2.11. The van der Waals surface area contributed by atoms with E-state index in [2.05, 4.69) is 37.1 Å². The molecule has 0 radical (unpaired) electrons. The van der Waals surface area contributed by atoms with Gasteiger partial charge in [0.2, 0.25) is 0 Å². The SMILES string of the molecule is CCN(CC)CCCC(C)NCC(C#N)c1ccccc1. The molecule has 0 saturated heterocycles. The van der Waals surface area contributed by atoms with Crippen LogP contribution in [0.25, 0.3) is 0 Å². The molecule has 2 unspecified atom stereocenters. The predicted octanol–water partition coefficient (Wildman–Crippen LogP) is 3.39. The summed E-state index contributed by atoms with van der Waals surface area (Å²) in [5.74, 6) is -0.0589. The summed E-state index contributed by atoms with van der Waals surface area (Å²) in [4.78, 5) is 2.45. The first-order valence-electron chi connectivity index (χ1n) is 8.11. The van der Waals surface area contributed by atoms with Gasteiger partial charge in [0.1, 0.15) is 0 Å². The molecule has 0 aliphatic heterocycles. The third-order valence-electron chi connectivity index (χ3n) is 4.03. The lowest BCUT2D eigenvalue weighted by Gasteiger charge is -2.20. The van der Waals surface area contributed by atoms with Crippen LogP contribution in [-0.2, 0) is 0 Å². The van der Waals surface area contributed by atoms with E-state index in [1.165, 1.54) is 13.0 Å². The summed E-state index contributed by atoms with van der Waals surface area (Å²) >= 11 is 0. The average molecular weight is 287 g/mol. The van der Waals surface area contributed by atoms with Gasteiger partial charge in [-0.1, -0.05) is 44.2 Å². The first-order valence-corrected chi connectivity index (χ1v) is 8.11. The molecule has 0 aromatic heterocycles. The van der Waals surface area contributed by atoms with Gasteiger partial charge in [0.05, 0.1) is 12.0 Å². The van der Waals surface area contributed by atoms with E-state index >= 15 is 0 Å². The smallest absolute Gasteiger partial charge is 0.0837 e. The summed E-state index contributed by atoms with van der Waals surface area (Å²) in [6, 6.07) is 12.9. The minimum atomic E-state index is -0.0589. The lowest BCUT2D eigenvalue weighted by molar-refractivity contribution is 0.290. The van der Waals surface area contributed by atoms with Gasteiger partial charge in [0.15, 0.2) is 0 Å². The van der Waals surface area contributed by atoms with Gasteiger partial charge in [0.25, 0.3) is 0 Å². The fourth-order valence-electron chi connectivity index (χ4n) is 2.51. The number of hydrogen-bond acceptors (Lipinski definition) is 3. The molecule has 0 spiro atoms. The maximum atomic E-state index is 9.31. The Kier molecular flexibility index (Phi) is 8.73. The van der Waals surface area contributed by atoms with Crippen LogP contribution in [-0.4, -0.2) is 37.1 Å². The Morgan fingerprint density at radius 1 is 1.19 bits per heavy atom. The minimum absolute atomic E-state index is 0.0589. The van der Waals surface area contributed by atoms with E-state index in [1.807, 2.05) is 30.3 Å². The molecule has 1 rings (SSSR count). The standard InChI is InChI=1S/C18H29N3/c1-4-21(5-2)13-9-10-16(3)20-15-18(14-19)17-11-7-6-8-12-17/h6-8,11-12,16,18,20H,4-5,9-10,13,15H2,1-3H3. The number of benzene rings is 1. The highest BCUT2D eigenvalue weighted by Crippen LogP contribution is 2.13. The minimum Gasteiger partial charge on any atom is -0.313 e. The predicted molar refractivity (Wildman–Crippen MR) is 89.3 cm³/mol. The van der Waals surface area contributed by atoms with E-state index in [0.29, 0.717) is 6.04 Å². The van der Waals surface area contributed by atoms with Crippen molar-refractivity contribution < 1.29 is 0 Å². The highest BCUT2D eigenvalue weighted by atomic mass is 15.1. The molecule has 0 saturated carbocycles. The van der Waals surface area contributed by atoms with Crippen LogP contribution in [0.4, 0.5) is 0 Å². The first-order chi connectivity index (χ1) is 10.2. The topological polar surface area (TPSA) is 39.1 Å². The van der Waals surface area contributed by atoms with Crippen LogP contribution in [0.1, 0.15) is 45.1 Å². The molecule has 1 N–H and O–H groups in total.